The van der Waals surface area contributed by atoms with E-state index >= 15 is 0 Å². The van der Waals surface area contributed by atoms with E-state index in [1.54, 1.807) is 40.0 Å². The summed E-state index contributed by atoms with van der Waals surface area (Å²) in [5, 5.41) is 35.5. The lowest BCUT2D eigenvalue weighted by atomic mass is 10.0. The summed E-state index contributed by atoms with van der Waals surface area (Å²) in [6.07, 6.45) is 1.96. The van der Waals surface area contributed by atoms with Crippen LogP contribution in [0.3, 0.4) is 0 Å². The van der Waals surface area contributed by atoms with Crippen molar-refractivity contribution < 1.29 is 32.2 Å². The minimum Gasteiger partial charge on any atom is -0.491 e. The quantitative estimate of drug-likeness (QED) is 0.0412. The van der Waals surface area contributed by atoms with Gasteiger partial charge in [-0.2, -0.15) is 0 Å². The first-order valence-corrected chi connectivity index (χ1v) is 24.8. The summed E-state index contributed by atoms with van der Waals surface area (Å²) in [6.45, 7) is 29.5. The SMILES string of the molecule is CC(C)Sc1nnc(-c2ccc(C(C)C)cc2)o1.CC(C)Sc1nnc(-c2ccc(OCCOCCOCCOCCn3cc(C(C)C)nn3)cc2)o1.CC(C)Sc1nnc(C(C)C)o1. The van der Waals surface area contributed by atoms with E-state index in [1.165, 1.54) is 5.56 Å². The molecular formula is C46H67N9O7S3. The second kappa shape index (κ2) is 28.7. The lowest BCUT2D eigenvalue weighted by Crippen LogP contribution is -2.14. The van der Waals surface area contributed by atoms with E-state index in [1.807, 2.05) is 56.4 Å². The minimum atomic E-state index is 0.319. The van der Waals surface area contributed by atoms with Crippen LogP contribution in [-0.4, -0.2) is 108 Å². The van der Waals surface area contributed by atoms with Gasteiger partial charge >= 0.3 is 0 Å². The van der Waals surface area contributed by atoms with Gasteiger partial charge in [-0.15, -0.1) is 35.7 Å². The maximum Gasteiger partial charge on any atom is 0.277 e. The van der Waals surface area contributed by atoms with Gasteiger partial charge in [-0.25, -0.2) is 4.68 Å². The van der Waals surface area contributed by atoms with Crippen molar-refractivity contribution in [2.75, 3.05) is 46.2 Å². The molecule has 65 heavy (non-hydrogen) atoms. The van der Waals surface area contributed by atoms with Crippen LogP contribution in [-0.2, 0) is 20.8 Å². The van der Waals surface area contributed by atoms with E-state index in [9.17, 15) is 0 Å². The van der Waals surface area contributed by atoms with Gasteiger partial charge in [0.15, 0.2) is 0 Å². The highest BCUT2D eigenvalue weighted by atomic mass is 32.2. The van der Waals surface area contributed by atoms with Crippen molar-refractivity contribution in [2.45, 2.75) is 139 Å². The fourth-order valence-corrected chi connectivity index (χ4v) is 7.03. The summed E-state index contributed by atoms with van der Waals surface area (Å²) in [4.78, 5) is 0. The molecule has 0 saturated carbocycles. The number of ether oxygens (including phenoxy) is 4. The lowest BCUT2D eigenvalue weighted by Gasteiger charge is -2.08. The van der Waals surface area contributed by atoms with Crippen molar-refractivity contribution in [3.63, 3.8) is 0 Å². The molecule has 0 atom stereocenters. The first-order valence-electron chi connectivity index (χ1n) is 22.1. The van der Waals surface area contributed by atoms with Crippen molar-refractivity contribution in [3.8, 4) is 28.7 Å². The van der Waals surface area contributed by atoms with Gasteiger partial charge in [0.25, 0.3) is 15.7 Å². The lowest BCUT2D eigenvalue weighted by molar-refractivity contribution is 0.00781. The number of benzene rings is 2. The van der Waals surface area contributed by atoms with Gasteiger partial charge < -0.3 is 32.2 Å². The average Bonchev–Trinajstić information content (AvgIpc) is 4.11. The second-order valence-corrected chi connectivity index (χ2v) is 20.9. The molecule has 19 heteroatoms. The summed E-state index contributed by atoms with van der Waals surface area (Å²) in [5.74, 6) is 3.81. The topological polar surface area (TPSA) is 184 Å². The molecule has 0 saturated heterocycles. The molecule has 4 heterocycles. The second-order valence-electron chi connectivity index (χ2n) is 16.4. The Morgan fingerprint density at radius 2 is 0.938 bits per heavy atom. The summed E-state index contributed by atoms with van der Waals surface area (Å²) < 4.78 is 40.8. The Kier molecular flexibility index (Phi) is 23.6. The zero-order valence-corrected chi connectivity index (χ0v) is 42.4. The predicted molar refractivity (Wildman–Crippen MR) is 257 cm³/mol. The van der Waals surface area contributed by atoms with E-state index in [2.05, 4.69) is 122 Å². The van der Waals surface area contributed by atoms with E-state index < -0.39 is 0 Å². The molecule has 4 aromatic heterocycles. The van der Waals surface area contributed by atoms with Crippen LogP contribution in [0.2, 0.25) is 0 Å². The molecule has 0 unspecified atom stereocenters. The average molecular weight is 954 g/mol. The van der Waals surface area contributed by atoms with Gasteiger partial charge in [0.1, 0.15) is 12.4 Å². The molecule has 0 amide bonds. The monoisotopic (exact) mass is 953 g/mol. The van der Waals surface area contributed by atoms with Crippen LogP contribution in [0.25, 0.3) is 22.9 Å². The molecule has 0 aliphatic rings. The number of aromatic nitrogens is 9. The van der Waals surface area contributed by atoms with Crippen LogP contribution >= 0.6 is 35.3 Å². The highest BCUT2D eigenvalue weighted by Crippen LogP contribution is 2.29. The molecule has 0 N–H and O–H groups in total. The van der Waals surface area contributed by atoms with Crippen molar-refractivity contribution in [3.05, 3.63) is 71.9 Å². The van der Waals surface area contributed by atoms with Crippen molar-refractivity contribution in [2.24, 2.45) is 0 Å². The molecule has 6 aromatic rings. The van der Waals surface area contributed by atoms with Gasteiger partial charge in [-0.1, -0.05) is 136 Å². The van der Waals surface area contributed by atoms with E-state index in [-0.39, 0.29) is 0 Å². The third-order valence-electron chi connectivity index (χ3n) is 8.52. The van der Waals surface area contributed by atoms with Crippen LogP contribution in [0.15, 0.2) is 83.6 Å². The molecule has 2 aromatic carbocycles. The first-order chi connectivity index (χ1) is 31.2. The van der Waals surface area contributed by atoms with Gasteiger partial charge in [0.05, 0.1) is 51.9 Å². The molecule has 356 valence electrons. The Bertz CT molecular complexity index is 2170. The van der Waals surface area contributed by atoms with E-state index in [4.69, 9.17) is 32.2 Å². The summed E-state index contributed by atoms with van der Waals surface area (Å²) >= 11 is 4.72. The molecule has 0 bridgehead atoms. The zero-order valence-electron chi connectivity index (χ0n) is 39.9. The number of hydrogen-bond donors (Lipinski definition) is 0. The fraction of sp³-hybridized carbons (Fsp3) is 0.565. The standard InChI is InChI=1S/C24H35N5O5S.C14H18N2OS.C8H14N2OS/c1-18(2)22-17-29(28-25-22)9-10-30-11-12-31-13-14-32-15-16-33-21-7-5-20(6-8-21)23-26-27-24(34-23)35-19(3)4;1-9(2)11-5-7-12(8-6-11)13-15-16-14(17-13)18-10(3)4;1-5(2)7-9-10-8(11-7)12-6(3)4/h5-8,17-19H,9-16H2,1-4H3;5-10H,1-4H3;5-6H,1-4H3. The van der Waals surface area contributed by atoms with Crippen molar-refractivity contribution in [1.82, 2.24) is 45.6 Å². The molecule has 0 fully saturated rings. The Morgan fingerprint density at radius 1 is 0.477 bits per heavy atom. The van der Waals surface area contributed by atoms with Crippen LogP contribution in [0.5, 0.6) is 5.75 Å². The normalized spacial score (nSPS) is 11.5. The van der Waals surface area contributed by atoms with Crippen LogP contribution in [0.1, 0.15) is 118 Å². The number of thioether (sulfide) groups is 3. The van der Waals surface area contributed by atoms with Gasteiger partial charge in [0.2, 0.25) is 17.7 Å². The molecule has 0 aliphatic heterocycles. The van der Waals surface area contributed by atoms with Crippen molar-refractivity contribution >= 4 is 35.3 Å². The molecule has 6 rings (SSSR count). The van der Waals surface area contributed by atoms with Crippen LogP contribution in [0, 0.1) is 0 Å². The Labute approximate surface area is 396 Å². The summed E-state index contributed by atoms with van der Waals surface area (Å²) in [7, 11) is 0. The molecule has 16 nitrogen and oxygen atoms in total. The van der Waals surface area contributed by atoms with Gasteiger partial charge in [-0.05, 0) is 53.8 Å². The number of nitrogens with zero attached hydrogens (tertiary/aromatic N) is 9. The summed E-state index contributed by atoms with van der Waals surface area (Å²) in [5.41, 5.74) is 4.14. The largest absolute Gasteiger partial charge is 0.491 e. The zero-order chi connectivity index (χ0) is 47.1. The van der Waals surface area contributed by atoms with Gasteiger partial charge in [-0.3, -0.25) is 0 Å². The highest BCUT2D eigenvalue weighted by Gasteiger charge is 2.13. The van der Waals surface area contributed by atoms with E-state index in [0.717, 1.165) is 28.5 Å². The number of rotatable bonds is 24. The van der Waals surface area contributed by atoms with E-state index in [0.29, 0.717) is 114 Å². The van der Waals surface area contributed by atoms with Crippen molar-refractivity contribution in [1.29, 1.82) is 0 Å². The Balaban J connectivity index is 0.000000254. The Hall–Kier alpha value is -4.27. The smallest absolute Gasteiger partial charge is 0.277 e. The molecule has 0 aliphatic carbocycles. The summed E-state index contributed by atoms with van der Waals surface area (Å²) in [6, 6.07) is 15.9. The van der Waals surface area contributed by atoms with Crippen LogP contribution < -0.4 is 4.74 Å². The third-order valence-corrected chi connectivity index (χ3v) is 11.0. The maximum absolute atomic E-state index is 5.71. The minimum absolute atomic E-state index is 0.319. The Morgan fingerprint density at radius 3 is 1.38 bits per heavy atom. The van der Waals surface area contributed by atoms with Crippen LogP contribution in [0.4, 0.5) is 0 Å². The fourth-order valence-electron chi connectivity index (χ4n) is 5.16. The molecule has 0 radical (unpaired) electrons. The highest BCUT2D eigenvalue weighted by molar-refractivity contribution is 8.00. The van der Waals surface area contributed by atoms with Gasteiger partial charge in [0, 0.05) is 39.0 Å². The molecule has 0 spiro atoms. The third kappa shape index (κ3) is 20.4. The maximum atomic E-state index is 5.71. The molecular weight excluding hydrogens is 887 g/mol. The number of hydrogen-bond acceptors (Lipinski definition) is 18. The predicted octanol–water partition coefficient (Wildman–Crippen LogP) is 11.1. The first kappa shape index (κ1) is 53.3.